The highest BCUT2D eigenvalue weighted by Gasteiger charge is 2.15. The zero-order valence-corrected chi connectivity index (χ0v) is 14.9. The minimum atomic E-state index is -1.37. The number of pyridine rings is 1. The SMILES string of the molecule is CS(=O)c1ncc2cc(-c3ccc(Br)cc3Cl)c(=O)n(N)c2n1. The molecule has 0 bridgehead atoms. The maximum Gasteiger partial charge on any atom is 0.278 e. The minimum absolute atomic E-state index is 0.116. The van der Waals surface area contributed by atoms with Crippen LogP contribution in [0.1, 0.15) is 0 Å². The number of halogens is 2. The molecule has 3 aromatic rings. The number of nitrogens with two attached hydrogens (primary N) is 1. The molecule has 0 radical (unpaired) electrons. The van der Waals surface area contributed by atoms with Crippen molar-refractivity contribution in [1.29, 1.82) is 0 Å². The van der Waals surface area contributed by atoms with E-state index in [0.29, 0.717) is 21.5 Å². The molecule has 3 rings (SSSR count). The van der Waals surface area contributed by atoms with E-state index in [1.165, 1.54) is 12.5 Å². The summed E-state index contributed by atoms with van der Waals surface area (Å²) >= 11 is 9.54. The van der Waals surface area contributed by atoms with E-state index in [1.54, 1.807) is 24.3 Å². The molecular formula is C14H10BrClN4O2S. The third-order valence-electron chi connectivity index (χ3n) is 3.23. The van der Waals surface area contributed by atoms with Gasteiger partial charge in [-0.15, -0.1) is 0 Å². The molecule has 0 aliphatic rings. The molecule has 6 nitrogen and oxygen atoms in total. The summed E-state index contributed by atoms with van der Waals surface area (Å²) in [6.45, 7) is 0. The van der Waals surface area contributed by atoms with Gasteiger partial charge in [0.2, 0.25) is 5.16 Å². The molecule has 2 N–H and O–H groups in total. The van der Waals surface area contributed by atoms with E-state index in [9.17, 15) is 9.00 Å². The van der Waals surface area contributed by atoms with Crippen molar-refractivity contribution in [2.24, 2.45) is 0 Å². The van der Waals surface area contributed by atoms with E-state index in [4.69, 9.17) is 17.4 Å². The summed E-state index contributed by atoms with van der Waals surface area (Å²) in [6, 6.07) is 6.83. The lowest BCUT2D eigenvalue weighted by Crippen LogP contribution is -2.29. The Labute approximate surface area is 146 Å². The lowest BCUT2D eigenvalue weighted by Gasteiger charge is -2.09. The van der Waals surface area contributed by atoms with Crippen LogP contribution < -0.4 is 11.4 Å². The highest BCUT2D eigenvalue weighted by atomic mass is 79.9. The van der Waals surface area contributed by atoms with Crippen molar-refractivity contribution in [1.82, 2.24) is 14.6 Å². The molecule has 2 aromatic heterocycles. The van der Waals surface area contributed by atoms with Crippen LogP contribution in [0.15, 0.2) is 44.9 Å². The van der Waals surface area contributed by atoms with Gasteiger partial charge in [-0.3, -0.25) is 9.00 Å². The predicted molar refractivity (Wildman–Crippen MR) is 94.4 cm³/mol. The molecule has 0 fully saturated rings. The zero-order chi connectivity index (χ0) is 16.7. The third kappa shape index (κ3) is 2.89. The Bertz CT molecular complexity index is 1020. The first-order valence-corrected chi connectivity index (χ1v) is 9.08. The van der Waals surface area contributed by atoms with E-state index in [1.807, 2.05) is 0 Å². The maximum atomic E-state index is 12.5. The van der Waals surface area contributed by atoms with Crippen LogP contribution in [-0.2, 0) is 10.8 Å². The van der Waals surface area contributed by atoms with Crippen molar-refractivity contribution in [2.75, 3.05) is 12.1 Å². The molecule has 0 amide bonds. The van der Waals surface area contributed by atoms with Gasteiger partial charge >= 0.3 is 0 Å². The summed E-state index contributed by atoms with van der Waals surface area (Å²) in [4.78, 5) is 20.7. The van der Waals surface area contributed by atoms with Gasteiger partial charge in [-0.05, 0) is 18.2 Å². The zero-order valence-electron chi connectivity index (χ0n) is 11.8. The lowest BCUT2D eigenvalue weighted by molar-refractivity contribution is 0.680. The predicted octanol–water partition coefficient (Wildman–Crippen LogP) is 2.33. The van der Waals surface area contributed by atoms with Crippen molar-refractivity contribution < 1.29 is 4.21 Å². The molecule has 0 spiro atoms. The quantitative estimate of drug-likeness (QED) is 0.514. The number of nitrogens with zero attached hydrogens (tertiary/aromatic N) is 3. The number of aromatic nitrogens is 3. The Morgan fingerprint density at radius 1 is 1.30 bits per heavy atom. The first-order chi connectivity index (χ1) is 10.9. The highest BCUT2D eigenvalue weighted by Crippen LogP contribution is 2.29. The Morgan fingerprint density at radius 2 is 2.04 bits per heavy atom. The number of benzene rings is 1. The number of hydrogen-bond acceptors (Lipinski definition) is 5. The van der Waals surface area contributed by atoms with Gasteiger partial charge in [-0.2, -0.15) is 0 Å². The Morgan fingerprint density at radius 3 is 2.70 bits per heavy atom. The van der Waals surface area contributed by atoms with Crippen LogP contribution in [-0.4, -0.2) is 25.1 Å². The lowest BCUT2D eigenvalue weighted by atomic mass is 10.1. The van der Waals surface area contributed by atoms with Crippen LogP contribution in [0.25, 0.3) is 22.2 Å². The highest BCUT2D eigenvalue weighted by molar-refractivity contribution is 9.10. The summed E-state index contributed by atoms with van der Waals surface area (Å²) in [5.74, 6) is 5.87. The molecule has 1 unspecified atom stereocenters. The smallest absolute Gasteiger partial charge is 0.278 e. The van der Waals surface area contributed by atoms with Gasteiger partial charge < -0.3 is 5.84 Å². The van der Waals surface area contributed by atoms with Crippen molar-refractivity contribution in [3.05, 3.63) is 50.3 Å². The van der Waals surface area contributed by atoms with Gasteiger partial charge in [-0.1, -0.05) is 33.6 Å². The summed E-state index contributed by atoms with van der Waals surface area (Å²) in [5, 5.41) is 1.09. The van der Waals surface area contributed by atoms with Crippen molar-refractivity contribution in [3.63, 3.8) is 0 Å². The van der Waals surface area contributed by atoms with Crippen molar-refractivity contribution in [2.45, 2.75) is 5.16 Å². The fraction of sp³-hybridized carbons (Fsp3) is 0.0714. The van der Waals surface area contributed by atoms with Crippen LogP contribution >= 0.6 is 27.5 Å². The number of fused-ring (bicyclic) bond motifs is 1. The number of hydrogen-bond donors (Lipinski definition) is 1. The minimum Gasteiger partial charge on any atom is -0.334 e. The Kier molecular flexibility index (Phi) is 4.22. The largest absolute Gasteiger partial charge is 0.334 e. The topological polar surface area (TPSA) is 90.9 Å². The van der Waals surface area contributed by atoms with Crippen LogP contribution in [0.3, 0.4) is 0 Å². The van der Waals surface area contributed by atoms with Crippen LogP contribution in [0.4, 0.5) is 0 Å². The Balaban J connectivity index is 2.32. The summed E-state index contributed by atoms with van der Waals surface area (Å²) < 4.78 is 13.2. The summed E-state index contributed by atoms with van der Waals surface area (Å²) in [5.41, 5.74) is 0.663. The van der Waals surface area contributed by atoms with Gasteiger partial charge in [0.15, 0.2) is 5.65 Å². The molecule has 1 aromatic carbocycles. The number of nitrogen functional groups attached to an aromatic ring is 1. The molecular weight excluding hydrogens is 404 g/mol. The van der Waals surface area contributed by atoms with Gasteiger partial charge in [-0.25, -0.2) is 14.6 Å². The summed E-state index contributed by atoms with van der Waals surface area (Å²) in [6.07, 6.45) is 2.94. The van der Waals surface area contributed by atoms with E-state index < -0.39 is 16.4 Å². The number of rotatable bonds is 2. The van der Waals surface area contributed by atoms with Gasteiger partial charge in [0.1, 0.15) is 0 Å². The van der Waals surface area contributed by atoms with E-state index in [-0.39, 0.29) is 10.8 Å². The molecule has 0 aliphatic heterocycles. The normalized spacial score (nSPS) is 12.5. The average Bonchev–Trinajstić information content (AvgIpc) is 2.51. The van der Waals surface area contributed by atoms with E-state index >= 15 is 0 Å². The molecule has 0 aliphatic carbocycles. The summed E-state index contributed by atoms with van der Waals surface area (Å²) in [7, 11) is -1.37. The van der Waals surface area contributed by atoms with Crippen LogP contribution in [0.5, 0.6) is 0 Å². The van der Waals surface area contributed by atoms with Gasteiger partial charge in [0.05, 0.1) is 16.4 Å². The van der Waals surface area contributed by atoms with Crippen molar-refractivity contribution in [3.8, 4) is 11.1 Å². The average molecular weight is 414 g/mol. The molecule has 0 saturated heterocycles. The fourth-order valence-electron chi connectivity index (χ4n) is 2.14. The second-order valence-electron chi connectivity index (χ2n) is 4.74. The Hall–Kier alpha value is -1.77. The van der Waals surface area contributed by atoms with Gasteiger partial charge in [0.25, 0.3) is 5.56 Å². The molecule has 118 valence electrons. The fourth-order valence-corrected chi connectivity index (χ4v) is 3.34. The van der Waals surface area contributed by atoms with Crippen LogP contribution in [0, 0.1) is 0 Å². The first-order valence-electron chi connectivity index (χ1n) is 6.35. The van der Waals surface area contributed by atoms with Gasteiger partial charge in [0, 0.05) is 32.9 Å². The molecule has 0 saturated carbocycles. The molecule has 23 heavy (non-hydrogen) atoms. The van der Waals surface area contributed by atoms with E-state index in [2.05, 4.69) is 25.9 Å². The second kappa shape index (κ2) is 6.03. The first kappa shape index (κ1) is 16.1. The van der Waals surface area contributed by atoms with Crippen molar-refractivity contribution >= 4 is 49.4 Å². The molecule has 9 heteroatoms. The van der Waals surface area contributed by atoms with Crippen LogP contribution in [0.2, 0.25) is 5.02 Å². The second-order valence-corrected chi connectivity index (χ2v) is 7.34. The van der Waals surface area contributed by atoms with E-state index in [0.717, 1.165) is 9.15 Å². The third-order valence-corrected chi connectivity index (χ3v) is 4.75. The molecule has 1 atom stereocenters. The monoisotopic (exact) mass is 412 g/mol. The maximum absolute atomic E-state index is 12.5. The molecule has 2 heterocycles. The standard InChI is InChI=1S/C14H10BrClN4O2S/c1-23(22)14-18-6-7-4-10(13(21)20(17)12(7)19-14)9-3-2-8(15)5-11(9)16/h2-6H,17H2,1H3.